The molecule has 4 aromatic rings. The number of H-pyrrole nitrogens is 1. The molecule has 5 rings (SSSR count). The number of Topliss-reactive ketones (excluding diaryl/α,β-unsaturated/α-hetero) is 1. The lowest BCUT2D eigenvalue weighted by Gasteiger charge is -2.33. The van der Waals surface area contributed by atoms with Crippen LogP contribution in [0.2, 0.25) is 0 Å². The standard InChI is InChI=1S/C31H33N3O3/c1-37-31(36)27-10-7-22(8-11-27)17-29(35)18-23-4-2-5-25(14-23)20-34-13-3-6-26(21-34)15-24-9-12-30-28(16-24)19-32-33-30/h2,4-5,7-12,14,16,19,26H,3,6,13,15,17-18,20-21H2,1H3,(H,32,33). The highest BCUT2D eigenvalue weighted by molar-refractivity contribution is 5.89. The molecule has 1 saturated heterocycles. The van der Waals surface area contributed by atoms with Crippen molar-refractivity contribution in [3.8, 4) is 0 Å². The summed E-state index contributed by atoms with van der Waals surface area (Å²) in [5.74, 6) is 0.439. The third-order valence-electron chi connectivity index (χ3n) is 7.21. The molecule has 0 radical (unpaired) electrons. The van der Waals surface area contributed by atoms with Gasteiger partial charge < -0.3 is 4.74 Å². The van der Waals surface area contributed by atoms with Crippen LogP contribution in [-0.2, 0) is 35.3 Å². The second-order valence-corrected chi connectivity index (χ2v) is 10.1. The van der Waals surface area contributed by atoms with E-state index in [2.05, 4.69) is 51.5 Å². The van der Waals surface area contributed by atoms with Gasteiger partial charge in [-0.1, -0.05) is 42.5 Å². The molecule has 1 fully saturated rings. The Bertz CT molecular complexity index is 1380. The zero-order valence-corrected chi connectivity index (χ0v) is 21.3. The Kier molecular flexibility index (Phi) is 7.76. The molecule has 1 aliphatic rings. The molecular formula is C31H33N3O3. The van der Waals surface area contributed by atoms with Crippen molar-refractivity contribution in [3.05, 3.63) is 101 Å². The van der Waals surface area contributed by atoms with E-state index < -0.39 is 0 Å². The number of hydrogen-bond acceptors (Lipinski definition) is 5. The fourth-order valence-electron chi connectivity index (χ4n) is 5.40. The summed E-state index contributed by atoms with van der Waals surface area (Å²) in [5, 5.41) is 8.34. The molecule has 6 nitrogen and oxygen atoms in total. The normalized spacial score (nSPS) is 16.1. The van der Waals surface area contributed by atoms with Crippen LogP contribution in [0.25, 0.3) is 10.9 Å². The number of fused-ring (bicyclic) bond motifs is 1. The van der Waals surface area contributed by atoms with E-state index in [1.54, 1.807) is 12.1 Å². The molecule has 0 spiro atoms. The SMILES string of the molecule is COC(=O)c1ccc(CC(=O)Cc2cccc(CN3CCCC(Cc4ccc5[nH]ncc5c4)C3)c2)cc1. The Labute approximate surface area is 217 Å². The molecule has 190 valence electrons. The zero-order valence-electron chi connectivity index (χ0n) is 21.3. The largest absolute Gasteiger partial charge is 0.465 e. The summed E-state index contributed by atoms with van der Waals surface area (Å²) in [6.07, 6.45) is 6.22. The molecule has 0 bridgehead atoms. The topological polar surface area (TPSA) is 75.3 Å². The Morgan fingerprint density at radius 3 is 2.59 bits per heavy atom. The van der Waals surface area contributed by atoms with Gasteiger partial charge in [-0.3, -0.25) is 14.8 Å². The fraction of sp³-hybridized carbons (Fsp3) is 0.323. The van der Waals surface area contributed by atoms with Crippen LogP contribution in [0, 0.1) is 5.92 Å². The number of ether oxygens (including phenoxy) is 1. The number of carbonyl (C=O) groups is 2. The quantitative estimate of drug-likeness (QED) is 0.325. The molecular weight excluding hydrogens is 462 g/mol. The molecule has 1 unspecified atom stereocenters. The first-order chi connectivity index (χ1) is 18.1. The highest BCUT2D eigenvalue weighted by Crippen LogP contribution is 2.24. The van der Waals surface area contributed by atoms with Gasteiger partial charge in [-0.2, -0.15) is 5.10 Å². The van der Waals surface area contributed by atoms with E-state index in [0.29, 0.717) is 24.3 Å². The monoisotopic (exact) mass is 495 g/mol. The number of nitrogens with zero attached hydrogens (tertiary/aromatic N) is 2. The van der Waals surface area contributed by atoms with Crippen molar-refractivity contribution in [2.75, 3.05) is 20.2 Å². The maximum Gasteiger partial charge on any atom is 0.337 e. The number of nitrogens with one attached hydrogen (secondary N) is 1. The van der Waals surface area contributed by atoms with Crippen LogP contribution in [0.4, 0.5) is 0 Å². The average molecular weight is 496 g/mol. The second kappa shape index (κ2) is 11.5. The first kappa shape index (κ1) is 24.9. The lowest BCUT2D eigenvalue weighted by molar-refractivity contribution is -0.117. The average Bonchev–Trinajstić information content (AvgIpc) is 3.37. The molecule has 3 aromatic carbocycles. The van der Waals surface area contributed by atoms with Gasteiger partial charge in [0, 0.05) is 31.3 Å². The van der Waals surface area contributed by atoms with Gasteiger partial charge in [0.15, 0.2) is 0 Å². The summed E-state index contributed by atoms with van der Waals surface area (Å²) in [4.78, 5) is 26.9. The van der Waals surface area contributed by atoms with Crippen LogP contribution in [0.3, 0.4) is 0 Å². The van der Waals surface area contributed by atoms with Gasteiger partial charge in [-0.05, 0) is 78.2 Å². The molecule has 1 aliphatic heterocycles. The summed E-state index contributed by atoms with van der Waals surface area (Å²) in [6.45, 7) is 3.12. The molecule has 0 aliphatic carbocycles. The van der Waals surface area contributed by atoms with Crippen LogP contribution in [0.5, 0.6) is 0 Å². The number of methoxy groups -OCH3 is 1. The van der Waals surface area contributed by atoms with Gasteiger partial charge in [-0.15, -0.1) is 0 Å². The van der Waals surface area contributed by atoms with Crippen LogP contribution in [-0.4, -0.2) is 47.0 Å². The van der Waals surface area contributed by atoms with Gasteiger partial charge in [0.2, 0.25) is 0 Å². The number of esters is 1. The lowest BCUT2D eigenvalue weighted by Crippen LogP contribution is -2.35. The van der Waals surface area contributed by atoms with E-state index in [1.807, 2.05) is 24.4 Å². The van der Waals surface area contributed by atoms with Crippen molar-refractivity contribution < 1.29 is 14.3 Å². The molecule has 6 heteroatoms. The first-order valence-electron chi connectivity index (χ1n) is 13.0. The molecule has 1 atom stereocenters. The van der Waals surface area contributed by atoms with Crippen molar-refractivity contribution >= 4 is 22.7 Å². The highest BCUT2D eigenvalue weighted by Gasteiger charge is 2.21. The number of carbonyl (C=O) groups excluding carboxylic acids is 2. The Morgan fingerprint density at radius 1 is 0.973 bits per heavy atom. The predicted molar refractivity (Wildman–Crippen MR) is 144 cm³/mol. The Balaban J connectivity index is 1.14. The zero-order chi connectivity index (χ0) is 25.6. The van der Waals surface area contributed by atoms with Crippen molar-refractivity contribution in [1.82, 2.24) is 15.1 Å². The minimum Gasteiger partial charge on any atom is -0.465 e. The number of hydrogen-bond donors (Lipinski definition) is 1. The first-order valence-corrected chi connectivity index (χ1v) is 13.0. The molecule has 0 saturated carbocycles. The summed E-state index contributed by atoms with van der Waals surface area (Å²) in [6, 6.07) is 22.1. The number of aromatic amines is 1. The Morgan fingerprint density at radius 2 is 1.76 bits per heavy atom. The maximum absolute atomic E-state index is 12.7. The maximum atomic E-state index is 12.7. The summed E-state index contributed by atoms with van der Waals surface area (Å²) < 4.78 is 4.73. The van der Waals surface area contributed by atoms with E-state index in [0.717, 1.165) is 42.7 Å². The van der Waals surface area contributed by atoms with Gasteiger partial charge in [0.1, 0.15) is 5.78 Å². The second-order valence-electron chi connectivity index (χ2n) is 10.1. The molecule has 2 heterocycles. The number of likely N-dealkylation sites (tertiary alicyclic amines) is 1. The van der Waals surface area contributed by atoms with Crippen LogP contribution >= 0.6 is 0 Å². The van der Waals surface area contributed by atoms with Crippen LogP contribution < -0.4 is 0 Å². The number of rotatable bonds is 9. The molecule has 1 N–H and O–H groups in total. The Hall–Kier alpha value is -3.77. The minimum atomic E-state index is -0.370. The fourth-order valence-corrected chi connectivity index (χ4v) is 5.40. The number of benzene rings is 3. The number of piperidine rings is 1. The van der Waals surface area contributed by atoms with Gasteiger partial charge in [0.25, 0.3) is 0 Å². The highest BCUT2D eigenvalue weighted by atomic mass is 16.5. The number of ketones is 1. The predicted octanol–water partition coefficient (Wildman–Crippen LogP) is 5.16. The van der Waals surface area contributed by atoms with Crippen molar-refractivity contribution in [2.45, 2.75) is 38.6 Å². The van der Waals surface area contributed by atoms with Gasteiger partial charge in [0.05, 0.1) is 24.4 Å². The minimum absolute atomic E-state index is 0.163. The molecule has 1 aromatic heterocycles. The van der Waals surface area contributed by atoms with Crippen LogP contribution in [0.1, 0.15) is 45.5 Å². The molecule has 37 heavy (non-hydrogen) atoms. The molecule has 0 amide bonds. The number of aromatic nitrogens is 2. The van der Waals surface area contributed by atoms with Crippen molar-refractivity contribution in [2.24, 2.45) is 5.92 Å². The van der Waals surface area contributed by atoms with Crippen molar-refractivity contribution in [1.29, 1.82) is 0 Å². The lowest BCUT2D eigenvalue weighted by atomic mass is 9.90. The van der Waals surface area contributed by atoms with E-state index in [9.17, 15) is 9.59 Å². The van der Waals surface area contributed by atoms with Gasteiger partial charge >= 0.3 is 5.97 Å². The van der Waals surface area contributed by atoms with Crippen LogP contribution in [0.15, 0.2) is 72.9 Å². The van der Waals surface area contributed by atoms with E-state index in [-0.39, 0.29) is 11.8 Å². The van der Waals surface area contributed by atoms with E-state index in [1.165, 1.54) is 36.5 Å². The third kappa shape index (κ3) is 6.52. The third-order valence-corrected chi connectivity index (χ3v) is 7.21. The van der Waals surface area contributed by atoms with E-state index >= 15 is 0 Å². The van der Waals surface area contributed by atoms with Gasteiger partial charge in [-0.25, -0.2) is 4.79 Å². The summed E-state index contributed by atoms with van der Waals surface area (Å²) in [5.41, 5.74) is 6.17. The summed E-state index contributed by atoms with van der Waals surface area (Å²) in [7, 11) is 1.36. The summed E-state index contributed by atoms with van der Waals surface area (Å²) >= 11 is 0. The van der Waals surface area contributed by atoms with E-state index in [4.69, 9.17) is 4.74 Å². The van der Waals surface area contributed by atoms with Crippen molar-refractivity contribution in [3.63, 3.8) is 0 Å². The smallest absolute Gasteiger partial charge is 0.337 e.